The highest BCUT2D eigenvalue weighted by molar-refractivity contribution is 5.85. The minimum Gasteiger partial charge on any atom is -0.477 e. The third kappa shape index (κ3) is 3.86. The number of hydrogen-bond acceptors (Lipinski definition) is 5. The Morgan fingerprint density at radius 3 is 2.41 bits per heavy atom. The van der Waals surface area contributed by atoms with Crippen LogP contribution in [-0.2, 0) is 5.41 Å². The summed E-state index contributed by atoms with van der Waals surface area (Å²) in [5.41, 5.74) is 5.01. The van der Waals surface area contributed by atoms with Crippen molar-refractivity contribution in [3.8, 4) is 28.7 Å². The number of rotatable bonds is 4. The highest BCUT2D eigenvalue weighted by Gasteiger charge is 2.18. The molecule has 0 aliphatic carbocycles. The summed E-state index contributed by atoms with van der Waals surface area (Å²) in [7, 11) is 0. The summed E-state index contributed by atoms with van der Waals surface area (Å²) in [6.07, 6.45) is 0. The van der Waals surface area contributed by atoms with Crippen molar-refractivity contribution in [1.82, 2.24) is 15.1 Å². The lowest BCUT2D eigenvalue weighted by Crippen LogP contribution is -2.10. The van der Waals surface area contributed by atoms with Gasteiger partial charge in [0.05, 0.1) is 17.7 Å². The molecule has 0 spiro atoms. The highest BCUT2D eigenvalue weighted by Crippen LogP contribution is 2.32. The van der Waals surface area contributed by atoms with Crippen LogP contribution in [0.5, 0.6) is 5.88 Å². The predicted molar refractivity (Wildman–Crippen MR) is 115 cm³/mol. The van der Waals surface area contributed by atoms with Gasteiger partial charge < -0.3 is 9.26 Å². The van der Waals surface area contributed by atoms with E-state index in [0.29, 0.717) is 24.2 Å². The molecule has 2 heterocycles. The number of fused-ring (bicyclic) bond motifs is 1. The maximum absolute atomic E-state index is 5.77. The van der Waals surface area contributed by atoms with Gasteiger partial charge in [-0.2, -0.15) is 4.98 Å². The van der Waals surface area contributed by atoms with Gasteiger partial charge in [0.25, 0.3) is 5.89 Å². The molecular weight excluding hydrogens is 362 g/mol. The van der Waals surface area contributed by atoms with Gasteiger partial charge in [-0.1, -0.05) is 50.2 Å². The molecule has 0 fully saturated rings. The molecule has 5 heteroatoms. The Morgan fingerprint density at radius 2 is 1.72 bits per heavy atom. The Labute approximate surface area is 170 Å². The lowest BCUT2D eigenvalue weighted by Gasteiger charge is -2.18. The van der Waals surface area contributed by atoms with E-state index >= 15 is 0 Å². The second-order valence-corrected chi connectivity index (χ2v) is 8.22. The summed E-state index contributed by atoms with van der Waals surface area (Å²) < 4.78 is 11.3. The van der Waals surface area contributed by atoms with Crippen LogP contribution >= 0.6 is 0 Å². The fourth-order valence-corrected chi connectivity index (χ4v) is 3.23. The molecule has 4 rings (SSSR count). The highest BCUT2D eigenvalue weighted by atomic mass is 16.5. The summed E-state index contributed by atoms with van der Waals surface area (Å²) in [6, 6.07) is 16.4. The second-order valence-electron chi connectivity index (χ2n) is 8.22. The molecule has 4 aromatic rings. The van der Waals surface area contributed by atoms with E-state index in [0.717, 1.165) is 27.6 Å². The first-order chi connectivity index (χ1) is 13.8. The number of benzene rings is 2. The molecule has 148 valence electrons. The lowest BCUT2D eigenvalue weighted by atomic mass is 9.87. The van der Waals surface area contributed by atoms with Gasteiger partial charge in [0.15, 0.2) is 0 Å². The minimum absolute atomic E-state index is 0.0973. The number of pyridine rings is 1. The fraction of sp³-hybridized carbons (Fsp3) is 0.292. The van der Waals surface area contributed by atoms with E-state index in [2.05, 4.69) is 54.1 Å². The molecule has 0 atom stereocenters. The zero-order valence-electron chi connectivity index (χ0n) is 17.5. The Kier molecular flexibility index (Phi) is 4.82. The number of hydrogen-bond donors (Lipinski definition) is 0. The first kappa shape index (κ1) is 19.1. The van der Waals surface area contributed by atoms with Crippen molar-refractivity contribution >= 4 is 10.9 Å². The van der Waals surface area contributed by atoms with Crippen LogP contribution in [0, 0.1) is 6.92 Å². The maximum atomic E-state index is 5.77. The van der Waals surface area contributed by atoms with Crippen LogP contribution in [-0.4, -0.2) is 21.7 Å². The molecule has 0 bridgehead atoms. The Balaban J connectivity index is 1.74. The lowest BCUT2D eigenvalue weighted by molar-refractivity contribution is 0.329. The molecule has 0 N–H and O–H groups in total. The molecule has 0 aliphatic rings. The Hall–Kier alpha value is -3.21. The largest absolute Gasteiger partial charge is 0.477 e. The summed E-state index contributed by atoms with van der Waals surface area (Å²) in [5, 5.41) is 5.20. The van der Waals surface area contributed by atoms with Crippen LogP contribution in [0.25, 0.3) is 33.7 Å². The van der Waals surface area contributed by atoms with Gasteiger partial charge in [0.1, 0.15) is 0 Å². The topological polar surface area (TPSA) is 61.0 Å². The van der Waals surface area contributed by atoms with Crippen molar-refractivity contribution in [2.45, 2.75) is 40.0 Å². The summed E-state index contributed by atoms with van der Waals surface area (Å²) >= 11 is 0. The number of aromatic nitrogens is 3. The van der Waals surface area contributed by atoms with Gasteiger partial charge >= 0.3 is 0 Å². The van der Waals surface area contributed by atoms with Crippen molar-refractivity contribution < 1.29 is 9.26 Å². The van der Waals surface area contributed by atoms with Crippen molar-refractivity contribution in [2.24, 2.45) is 0 Å². The number of ether oxygens (including phenoxy) is 1. The van der Waals surface area contributed by atoms with Crippen LogP contribution < -0.4 is 4.74 Å². The molecule has 0 radical (unpaired) electrons. The average Bonchev–Trinajstić information content (AvgIpc) is 3.17. The molecule has 2 aromatic heterocycles. The third-order valence-corrected chi connectivity index (χ3v) is 4.88. The zero-order valence-corrected chi connectivity index (χ0v) is 17.5. The van der Waals surface area contributed by atoms with E-state index in [4.69, 9.17) is 9.26 Å². The van der Waals surface area contributed by atoms with Gasteiger partial charge in [-0.15, -0.1) is 0 Å². The first-order valence-corrected chi connectivity index (χ1v) is 9.84. The summed E-state index contributed by atoms with van der Waals surface area (Å²) in [5.74, 6) is 1.46. The van der Waals surface area contributed by atoms with E-state index in [1.165, 1.54) is 5.56 Å². The van der Waals surface area contributed by atoms with Gasteiger partial charge in [-0.3, -0.25) is 0 Å². The maximum Gasteiger partial charge on any atom is 0.258 e. The van der Waals surface area contributed by atoms with E-state index in [-0.39, 0.29) is 5.41 Å². The van der Waals surface area contributed by atoms with Crippen LogP contribution in [0.2, 0.25) is 0 Å². The first-order valence-electron chi connectivity index (χ1n) is 9.84. The third-order valence-electron chi connectivity index (χ3n) is 4.88. The molecule has 0 unspecified atom stereocenters. The standard InChI is InChI=1S/C24H25N3O2/c1-6-28-23-19(14-17-8-7-15(2)13-20(17)25-23)21-26-22(29-27-21)16-9-11-18(12-10-16)24(3,4)5/h7-14H,6H2,1-5H3. The van der Waals surface area contributed by atoms with Gasteiger partial charge in [-0.05, 0) is 54.7 Å². The Bertz CT molecular complexity index is 1160. The van der Waals surface area contributed by atoms with Crippen molar-refractivity contribution in [1.29, 1.82) is 0 Å². The SMILES string of the molecule is CCOc1nc2cc(C)ccc2cc1-c1noc(-c2ccc(C(C)(C)C)cc2)n1. The van der Waals surface area contributed by atoms with Gasteiger partial charge in [0.2, 0.25) is 11.7 Å². The quantitative estimate of drug-likeness (QED) is 0.432. The molecule has 0 saturated carbocycles. The second kappa shape index (κ2) is 7.32. The van der Waals surface area contributed by atoms with Gasteiger partial charge in [0, 0.05) is 10.9 Å². The van der Waals surface area contributed by atoms with E-state index < -0.39 is 0 Å². The minimum atomic E-state index is 0.0973. The predicted octanol–water partition coefficient (Wildman–Crippen LogP) is 5.96. The molecular formula is C24H25N3O2. The molecule has 0 aliphatic heterocycles. The summed E-state index contributed by atoms with van der Waals surface area (Å²) in [6.45, 7) is 11.1. The smallest absolute Gasteiger partial charge is 0.258 e. The van der Waals surface area contributed by atoms with Gasteiger partial charge in [-0.25, -0.2) is 4.98 Å². The van der Waals surface area contributed by atoms with E-state index in [9.17, 15) is 0 Å². The van der Waals surface area contributed by atoms with Crippen molar-refractivity contribution in [3.63, 3.8) is 0 Å². The van der Waals surface area contributed by atoms with Crippen molar-refractivity contribution in [3.05, 3.63) is 59.7 Å². The van der Waals surface area contributed by atoms with Crippen LogP contribution in [0.1, 0.15) is 38.8 Å². The molecule has 5 nitrogen and oxygen atoms in total. The monoisotopic (exact) mass is 387 g/mol. The zero-order chi connectivity index (χ0) is 20.6. The average molecular weight is 387 g/mol. The summed E-state index contributed by atoms with van der Waals surface area (Å²) in [4.78, 5) is 9.29. The van der Waals surface area contributed by atoms with Crippen molar-refractivity contribution in [2.75, 3.05) is 6.61 Å². The molecule has 29 heavy (non-hydrogen) atoms. The van der Waals surface area contributed by atoms with E-state index in [1.54, 1.807) is 0 Å². The molecule has 2 aromatic carbocycles. The van der Waals surface area contributed by atoms with Crippen LogP contribution in [0.3, 0.4) is 0 Å². The normalized spacial score (nSPS) is 11.8. The molecule has 0 saturated heterocycles. The number of nitrogens with zero attached hydrogens (tertiary/aromatic N) is 3. The fourth-order valence-electron chi connectivity index (χ4n) is 3.23. The van der Waals surface area contributed by atoms with Crippen LogP contribution in [0.4, 0.5) is 0 Å². The Morgan fingerprint density at radius 1 is 0.966 bits per heavy atom. The van der Waals surface area contributed by atoms with E-state index in [1.807, 2.05) is 44.2 Å². The van der Waals surface area contributed by atoms with Crippen LogP contribution in [0.15, 0.2) is 53.1 Å². The number of aryl methyl sites for hydroxylation is 1. The molecule has 0 amide bonds.